The molecule has 2 amide bonds. The molecule has 1 aliphatic heterocycles. The second-order valence-electron chi connectivity index (χ2n) is 5.10. The maximum Gasteiger partial charge on any atom is 0.308 e. The summed E-state index contributed by atoms with van der Waals surface area (Å²) in [6.07, 6.45) is -0.0167. The van der Waals surface area contributed by atoms with Crippen LogP contribution in [0.15, 0.2) is 0 Å². The van der Waals surface area contributed by atoms with Gasteiger partial charge in [0.25, 0.3) is 0 Å². The standard InChI is InChI=1S/C12H20N2O4/c1-7(2)5-13-11(16)8(3)14-6-9(12(17)18)4-10(14)15/h7-9H,4-6H2,1-3H3,(H,13,16)(H,17,18). The summed E-state index contributed by atoms with van der Waals surface area (Å²) in [5.74, 6) is -1.85. The molecular formula is C12H20N2O4. The highest BCUT2D eigenvalue weighted by Crippen LogP contribution is 2.20. The molecular weight excluding hydrogens is 236 g/mol. The normalized spacial score (nSPS) is 21.2. The van der Waals surface area contributed by atoms with Crippen molar-refractivity contribution in [3.05, 3.63) is 0 Å². The highest BCUT2D eigenvalue weighted by molar-refractivity contribution is 5.91. The van der Waals surface area contributed by atoms with Crippen LogP contribution in [0.2, 0.25) is 0 Å². The Bertz CT molecular complexity index is 354. The van der Waals surface area contributed by atoms with Crippen LogP contribution in [0.1, 0.15) is 27.2 Å². The Kier molecular flexibility index (Phi) is 4.69. The van der Waals surface area contributed by atoms with Crippen LogP contribution >= 0.6 is 0 Å². The van der Waals surface area contributed by atoms with Crippen molar-refractivity contribution in [3.8, 4) is 0 Å². The first kappa shape index (κ1) is 14.5. The lowest BCUT2D eigenvalue weighted by Crippen LogP contribution is -2.46. The molecule has 0 aromatic heterocycles. The molecule has 0 aromatic carbocycles. The Morgan fingerprint density at radius 1 is 1.44 bits per heavy atom. The number of amides is 2. The molecule has 1 fully saturated rings. The van der Waals surface area contributed by atoms with E-state index in [9.17, 15) is 14.4 Å². The van der Waals surface area contributed by atoms with Crippen LogP contribution in [0.3, 0.4) is 0 Å². The summed E-state index contributed by atoms with van der Waals surface area (Å²) in [6.45, 7) is 6.24. The number of hydrogen-bond acceptors (Lipinski definition) is 3. The van der Waals surface area contributed by atoms with Crippen molar-refractivity contribution < 1.29 is 19.5 Å². The van der Waals surface area contributed by atoms with Gasteiger partial charge in [-0.2, -0.15) is 0 Å². The number of carboxylic acids is 1. The van der Waals surface area contributed by atoms with Gasteiger partial charge in [0.15, 0.2) is 0 Å². The van der Waals surface area contributed by atoms with Crippen LogP contribution in [0, 0.1) is 11.8 Å². The van der Waals surface area contributed by atoms with E-state index in [0.29, 0.717) is 12.5 Å². The summed E-state index contributed by atoms with van der Waals surface area (Å²) in [5, 5.41) is 11.6. The van der Waals surface area contributed by atoms with E-state index in [2.05, 4.69) is 5.32 Å². The van der Waals surface area contributed by atoms with Crippen molar-refractivity contribution in [1.29, 1.82) is 0 Å². The molecule has 0 radical (unpaired) electrons. The van der Waals surface area contributed by atoms with Gasteiger partial charge in [0.2, 0.25) is 11.8 Å². The fraction of sp³-hybridized carbons (Fsp3) is 0.750. The van der Waals surface area contributed by atoms with Crippen LogP contribution < -0.4 is 5.32 Å². The Morgan fingerprint density at radius 3 is 2.50 bits per heavy atom. The number of aliphatic carboxylic acids is 1. The molecule has 6 heteroatoms. The first-order valence-corrected chi connectivity index (χ1v) is 6.13. The van der Waals surface area contributed by atoms with E-state index in [-0.39, 0.29) is 24.8 Å². The second-order valence-corrected chi connectivity index (χ2v) is 5.10. The predicted molar refractivity (Wildman–Crippen MR) is 64.8 cm³/mol. The minimum atomic E-state index is -0.986. The molecule has 0 bridgehead atoms. The summed E-state index contributed by atoms with van der Waals surface area (Å²) in [6, 6.07) is -0.611. The topological polar surface area (TPSA) is 86.7 Å². The zero-order valence-electron chi connectivity index (χ0n) is 11.0. The molecule has 6 nitrogen and oxygen atoms in total. The number of nitrogens with zero attached hydrogens (tertiary/aromatic N) is 1. The molecule has 2 atom stereocenters. The predicted octanol–water partition coefficient (Wildman–Crippen LogP) is 0.0802. The Morgan fingerprint density at radius 2 is 2.06 bits per heavy atom. The number of carbonyl (C=O) groups excluding carboxylic acids is 2. The number of nitrogens with one attached hydrogen (secondary N) is 1. The molecule has 0 aromatic rings. The minimum absolute atomic E-state index is 0.0167. The van der Waals surface area contributed by atoms with E-state index in [4.69, 9.17) is 5.11 Å². The fourth-order valence-electron chi connectivity index (χ4n) is 1.87. The molecule has 0 spiro atoms. The lowest BCUT2D eigenvalue weighted by atomic mass is 10.1. The lowest BCUT2D eigenvalue weighted by Gasteiger charge is -2.24. The number of carbonyl (C=O) groups is 3. The van der Waals surface area contributed by atoms with Gasteiger partial charge < -0.3 is 15.3 Å². The fourth-order valence-corrected chi connectivity index (χ4v) is 1.87. The molecule has 0 saturated carbocycles. The number of carboxylic acid groups (broad SMARTS) is 1. The monoisotopic (exact) mass is 256 g/mol. The Hall–Kier alpha value is -1.59. The number of rotatable bonds is 5. The van der Waals surface area contributed by atoms with Crippen molar-refractivity contribution in [2.75, 3.05) is 13.1 Å². The van der Waals surface area contributed by atoms with Gasteiger partial charge in [-0.25, -0.2) is 0 Å². The molecule has 2 N–H and O–H groups in total. The third-order valence-electron chi connectivity index (χ3n) is 3.04. The molecule has 0 aliphatic carbocycles. The Balaban J connectivity index is 2.56. The summed E-state index contributed by atoms with van der Waals surface area (Å²) < 4.78 is 0. The summed E-state index contributed by atoms with van der Waals surface area (Å²) >= 11 is 0. The van der Waals surface area contributed by atoms with Gasteiger partial charge in [-0.1, -0.05) is 13.8 Å². The van der Waals surface area contributed by atoms with E-state index in [1.165, 1.54) is 4.90 Å². The van der Waals surface area contributed by atoms with Gasteiger partial charge in [-0.15, -0.1) is 0 Å². The van der Waals surface area contributed by atoms with Gasteiger partial charge in [0, 0.05) is 19.5 Å². The van der Waals surface area contributed by atoms with Crippen molar-refractivity contribution in [3.63, 3.8) is 0 Å². The second kappa shape index (κ2) is 5.84. The van der Waals surface area contributed by atoms with Gasteiger partial charge in [0.05, 0.1) is 5.92 Å². The average Bonchev–Trinajstić information content (AvgIpc) is 2.67. The average molecular weight is 256 g/mol. The van der Waals surface area contributed by atoms with Crippen LogP contribution in [0.5, 0.6) is 0 Å². The number of likely N-dealkylation sites (tertiary alicyclic amines) is 1. The highest BCUT2D eigenvalue weighted by atomic mass is 16.4. The van der Waals surface area contributed by atoms with E-state index in [1.807, 2.05) is 13.8 Å². The van der Waals surface area contributed by atoms with Crippen LogP contribution in [0.25, 0.3) is 0 Å². The molecule has 102 valence electrons. The summed E-state index contributed by atoms with van der Waals surface area (Å²) in [5.41, 5.74) is 0. The maximum atomic E-state index is 11.8. The first-order valence-electron chi connectivity index (χ1n) is 6.13. The number of hydrogen-bond donors (Lipinski definition) is 2. The van der Waals surface area contributed by atoms with Crippen molar-refractivity contribution in [2.24, 2.45) is 11.8 Å². The SMILES string of the molecule is CC(C)CNC(=O)C(C)N1CC(C(=O)O)CC1=O. The van der Waals surface area contributed by atoms with E-state index >= 15 is 0 Å². The quantitative estimate of drug-likeness (QED) is 0.729. The van der Waals surface area contributed by atoms with Gasteiger partial charge in [0.1, 0.15) is 6.04 Å². The van der Waals surface area contributed by atoms with Crippen molar-refractivity contribution in [2.45, 2.75) is 33.2 Å². The van der Waals surface area contributed by atoms with Crippen molar-refractivity contribution in [1.82, 2.24) is 10.2 Å². The van der Waals surface area contributed by atoms with E-state index in [1.54, 1.807) is 6.92 Å². The third-order valence-corrected chi connectivity index (χ3v) is 3.04. The third kappa shape index (κ3) is 3.45. The highest BCUT2D eigenvalue weighted by Gasteiger charge is 2.38. The van der Waals surface area contributed by atoms with Gasteiger partial charge in [-0.05, 0) is 12.8 Å². The van der Waals surface area contributed by atoms with E-state index in [0.717, 1.165) is 0 Å². The van der Waals surface area contributed by atoms with Crippen LogP contribution in [0.4, 0.5) is 0 Å². The summed E-state index contributed by atoms with van der Waals surface area (Å²) in [4.78, 5) is 35.6. The molecule has 1 heterocycles. The molecule has 2 unspecified atom stereocenters. The molecule has 18 heavy (non-hydrogen) atoms. The van der Waals surface area contributed by atoms with E-state index < -0.39 is 17.9 Å². The zero-order valence-corrected chi connectivity index (χ0v) is 11.0. The molecule has 1 aliphatic rings. The molecule has 1 saturated heterocycles. The Labute approximate surface area is 106 Å². The minimum Gasteiger partial charge on any atom is -0.481 e. The maximum absolute atomic E-state index is 11.8. The first-order chi connectivity index (χ1) is 8.32. The van der Waals surface area contributed by atoms with Crippen LogP contribution in [-0.2, 0) is 14.4 Å². The van der Waals surface area contributed by atoms with Crippen molar-refractivity contribution >= 4 is 17.8 Å². The zero-order chi connectivity index (χ0) is 13.9. The molecule has 1 rings (SSSR count). The smallest absolute Gasteiger partial charge is 0.308 e. The largest absolute Gasteiger partial charge is 0.481 e. The van der Waals surface area contributed by atoms with Crippen LogP contribution in [-0.4, -0.2) is 46.9 Å². The summed E-state index contributed by atoms with van der Waals surface area (Å²) in [7, 11) is 0. The van der Waals surface area contributed by atoms with Gasteiger partial charge >= 0.3 is 5.97 Å². The van der Waals surface area contributed by atoms with Gasteiger partial charge in [-0.3, -0.25) is 14.4 Å². The lowest BCUT2D eigenvalue weighted by molar-refractivity contribution is -0.141.